The Morgan fingerprint density at radius 3 is 3.38 bits per heavy atom. The molecule has 2 heterocycles. The third-order valence-electron chi connectivity index (χ3n) is 1.98. The van der Waals surface area contributed by atoms with E-state index in [4.69, 9.17) is 4.74 Å². The quantitative estimate of drug-likeness (QED) is 0.611. The van der Waals surface area contributed by atoms with Gasteiger partial charge in [-0.1, -0.05) is 0 Å². The van der Waals surface area contributed by atoms with E-state index < -0.39 is 0 Å². The van der Waals surface area contributed by atoms with E-state index in [0.717, 1.165) is 13.0 Å². The van der Waals surface area contributed by atoms with Crippen molar-refractivity contribution in [3.8, 4) is 5.75 Å². The molecule has 0 saturated heterocycles. The lowest BCUT2D eigenvalue weighted by Crippen LogP contribution is -2.21. The van der Waals surface area contributed by atoms with Crippen LogP contribution in [0.15, 0.2) is 11.0 Å². The molecule has 0 atom stereocenters. The van der Waals surface area contributed by atoms with Crippen LogP contribution < -0.4 is 15.6 Å². The van der Waals surface area contributed by atoms with Crippen molar-refractivity contribution in [2.45, 2.75) is 6.42 Å². The summed E-state index contributed by atoms with van der Waals surface area (Å²) in [6.07, 6.45) is 2.51. The van der Waals surface area contributed by atoms with Gasteiger partial charge >= 0.3 is 5.56 Å². The van der Waals surface area contributed by atoms with E-state index in [1.54, 1.807) is 13.2 Å². The number of aromatic nitrogens is 2. The predicted octanol–water partition coefficient (Wildman–Crippen LogP) is -0.0253. The number of nitrogens with one attached hydrogen (secondary N) is 1. The highest BCUT2D eigenvalue weighted by molar-refractivity contribution is 5.53. The lowest BCUT2D eigenvalue weighted by atomic mass is 10.4. The molecule has 5 heteroatoms. The predicted molar refractivity (Wildman–Crippen MR) is 48.1 cm³/mol. The number of fused-ring (bicyclic) bond motifs is 1. The van der Waals surface area contributed by atoms with Gasteiger partial charge in [0.25, 0.3) is 0 Å². The van der Waals surface area contributed by atoms with Gasteiger partial charge in [-0.2, -0.15) is 5.10 Å². The van der Waals surface area contributed by atoms with E-state index in [0.29, 0.717) is 18.0 Å². The maximum absolute atomic E-state index is 11.5. The van der Waals surface area contributed by atoms with Crippen LogP contribution in [0.1, 0.15) is 6.42 Å². The standard InChI is InChI=1S/C8H11N3O2/c1-11-8(12)7-6(5-10-11)9-3-2-4-13-7/h5,9H,2-4H2,1H3. The minimum atomic E-state index is -0.188. The maximum Gasteiger partial charge on any atom is 0.310 e. The van der Waals surface area contributed by atoms with Crippen molar-refractivity contribution < 1.29 is 4.74 Å². The normalized spacial score (nSPS) is 15.2. The Hall–Kier alpha value is -1.52. The van der Waals surface area contributed by atoms with Crippen LogP contribution in [0.3, 0.4) is 0 Å². The largest absolute Gasteiger partial charge is 0.486 e. The summed E-state index contributed by atoms with van der Waals surface area (Å²) in [5.74, 6) is 0.384. The van der Waals surface area contributed by atoms with Crippen molar-refractivity contribution in [1.82, 2.24) is 9.78 Å². The molecule has 0 aromatic carbocycles. The summed E-state index contributed by atoms with van der Waals surface area (Å²) < 4.78 is 6.59. The van der Waals surface area contributed by atoms with Crippen LogP contribution in [0.4, 0.5) is 5.69 Å². The van der Waals surface area contributed by atoms with E-state index in [-0.39, 0.29) is 5.56 Å². The van der Waals surface area contributed by atoms with Gasteiger partial charge < -0.3 is 10.1 Å². The summed E-state index contributed by atoms with van der Waals surface area (Å²) in [5, 5.41) is 6.99. The molecule has 70 valence electrons. The summed E-state index contributed by atoms with van der Waals surface area (Å²) in [6, 6.07) is 0. The van der Waals surface area contributed by atoms with E-state index in [2.05, 4.69) is 10.4 Å². The van der Waals surface area contributed by atoms with Crippen molar-refractivity contribution >= 4 is 5.69 Å². The zero-order chi connectivity index (χ0) is 9.26. The van der Waals surface area contributed by atoms with Crippen LogP contribution in [0.5, 0.6) is 5.75 Å². The molecule has 1 aliphatic heterocycles. The Kier molecular flexibility index (Phi) is 1.92. The second-order valence-corrected chi connectivity index (χ2v) is 2.94. The van der Waals surface area contributed by atoms with Crippen molar-refractivity contribution in [2.75, 3.05) is 18.5 Å². The Morgan fingerprint density at radius 2 is 2.54 bits per heavy atom. The molecule has 2 rings (SSSR count). The lowest BCUT2D eigenvalue weighted by Gasteiger charge is -2.06. The van der Waals surface area contributed by atoms with Gasteiger partial charge in [-0.3, -0.25) is 4.79 Å². The summed E-state index contributed by atoms with van der Waals surface area (Å²) in [5.41, 5.74) is 0.507. The highest BCUT2D eigenvalue weighted by Gasteiger charge is 2.13. The summed E-state index contributed by atoms with van der Waals surface area (Å²) >= 11 is 0. The molecule has 0 bridgehead atoms. The van der Waals surface area contributed by atoms with Gasteiger partial charge in [0.1, 0.15) is 5.69 Å². The molecule has 1 aromatic rings. The molecular weight excluding hydrogens is 170 g/mol. The van der Waals surface area contributed by atoms with E-state index in [1.807, 2.05) is 0 Å². The first-order valence-corrected chi connectivity index (χ1v) is 4.22. The molecule has 0 saturated carbocycles. The Bertz CT molecular complexity index is 372. The number of hydrogen-bond acceptors (Lipinski definition) is 4. The zero-order valence-corrected chi connectivity index (χ0v) is 7.41. The van der Waals surface area contributed by atoms with Crippen LogP contribution in [-0.4, -0.2) is 22.9 Å². The number of hydrogen-bond donors (Lipinski definition) is 1. The average molecular weight is 181 g/mol. The number of anilines is 1. The van der Waals surface area contributed by atoms with Gasteiger partial charge in [-0.05, 0) is 6.42 Å². The minimum absolute atomic E-state index is 0.188. The number of rotatable bonds is 0. The Balaban J connectivity index is 2.54. The fourth-order valence-corrected chi connectivity index (χ4v) is 1.25. The molecule has 1 aliphatic rings. The first-order valence-electron chi connectivity index (χ1n) is 4.22. The molecule has 0 amide bonds. The third kappa shape index (κ3) is 1.37. The van der Waals surface area contributed by atoms with Crippen LogP contribution >= 0.6 is 0 Å². The van der Waals surface area contributed by atoms with Gasteiger partial charge in [0.05, 0.1) is 12.8 Å². The van der Waals surface area contributed by atoms with Crippen LogP contribution in [0.25, 0.3) is 0 Å². The fraction of sp³-hybridized carbons (Fsp3) is 0.500. The second kappa shape index (κ2) is 3.08. The molecule has 1 aromatic heterocycles. The van der Waals surface area contributed by atoms with Gasteiger partial charge in [0.15, 0.2) is 0 Å². The highest BCUT2D eigenvalue weighted by atomic mass is 16.5. The second-order valence-electron chi connectivity index (χ2n) is 2.94. The Labute approximate surface area is 75.3 Å². The SMILES string of the molecule is Cn1ncc2c(c1=O)OCCCN2. The lowest BCUT2D eigenvalue weighted by molar-refractivity contribution is 0.315. The summed E-state index contributed by atoms with van der Waals surface area (Å²) in [4.78, 5) is 11.5. The zero-order valence-electron chi connectivity index (χ0n) is 7.41. The molecule has 5 nitrogen and oxygen atoms in total. The van der Waals surface area contributed by atoms with Crippen LogP contribution in [0, 0.1) is 0 Å². The minimum Gasteiger partial charge on any atom is -0.486 e. The molecule has 13 heavy (non-hydrogen) atoms. The summed E-state index contributed by atoms with van der Waals surface area (Å²) in [6.45, 7) is 1.40. The molecule has 0 radical (unpaired) electrons. The van der Waals surface area contributed by atoms with Crippen LogP contribution in [0.2, 0.25) is 0 Å². The molecule has 0 unspecified atom stereocenters. The molecule has 0 spiro atoms. The van der Waals surface area contributed by atoms with Gasteiger partial charge in [-0.15, -0.1) is 0 Å². The smallest absolute Gasteiger partial charge is 0.310 e. The maximum atomic E-state index is 11.5. The molecule has 0 aliphatic carbocycles. The fourth-order valence-electron chi connectivity index (χ4n) is 1.25. The number of ether oxygens (including phenoxy) is 1. The number of aryl methyl sites for hydroxylation is 1. The first kappa shape index (κ1) is 8.10. The van der Waals surface area contributed by atoms with E-state index >= 15 is 0 Å². The third-order valence-corrected chi connectivity index (χ3v) is 1.98. The average Bonchev–Trinajstić information content (AvgIpc) is 2.36. The van der Waals surface area contributed by atoms with Crippen LogP contribution in [-0.2, 0) is 7.05 Å². The molecule has 0 fully saturated rings. The van der Waals surface area contributed by atoms with E-state index in [1.165, 1.54) is 4.68 Å². The van der Waals surface area contributed by atoms with Gasteiger partial charge in [-0.25, -0.2) is 4.68 Å². The first-order chi connectivity index (χ1) is 6.29. The molecular formula is C8H11N3O2. The highest BCUT2D eigenvalue weighted by Crippen LogP contribution is 2.19. The van der Waals surface area contributed by atoms with Gasteiger partial charge in [0.2, 0.25) is 5.75 Å². The Morgan fingerprint density at radius 1 is 1.69 bits per heavy atom. The van der Waals surface area contributed by atoms with Crippen molar-refractivity contribution in [1.29, 1.82) is 0 Å². The van der Waals surface area contributed by atoms with Crippen molar-refractivity contribution in [3.05, 3.63) is 16.6 Å². The van der Waals surface area contributed by atoms with Crippen molar-refractivity contribution in [2.24, 2.45) is 7.05 Å². The topological polar surface area (TPSA) is 56.2 Å². The van der Waals surface area contributed by atoms with Crippen molar-refractivity contribution in [3.63, 3.8) is 0 Å². The number of nitrogens with zero attached hydrogens (tertiary/aromatic N) is 2. The monoisotopic (exact) mass is 181 g/mol. The summed E-state index contributed by atoms with van der Waals surface area (Å²) in [7, 11) is 1.61. The molecule has 1 N–H and O–H groups in total. The van der Waals surface area contributed by atoms with Gasteiger partial charge in [0, 0.05) is 13.6 Å². The van der Waals surface area contributed by atoms with E-state index in [9.17, 15) is 4.79 Å².